The van der Waals surface area contributed by atoms with Crippen LogP contribution in [-0.4, -0.2) is 17.5 Å². The van der Waals surface area contributed by atoms with E-state index in [-0.39, 0.29) is 6.61 Å². The van der Waals surface area contributed by atoms with Gasteiger partial charge < -0.3 is 5.11 Å². The zero-order chi connectivity index (χ0) is 7.28. The van der Waals surface area contributed by atoms with Crippen LogP contribution in [0.4, 0.5) is 0 Å². The Labute approximate surface area is 61.2 Å². The Kier molecular flexibility index (Phi) is 4.91. The quantitative estimate of drug-likeness (QED) is 0.653. The van der Waals surface area contributed by atoms with E-state index in [4.69, 9.17) is 5.11 Å². The Bertz CT molecular complexity index is 88.9. The van der Waals surface area contributed by atoms with Gasteiger partial charge in [0.2, 0.25) is 0 Å². The van der Waals surface area contributed by atoms with E-state index < -0.39 is 0 Å². The van der Waals surface area contributed by atoms with E-state index in [2.05, 4.69) is 20.4 Å². The third kappa shape index (κ3) is 5.93. The van der Waals surface area contributed by atoms with Crippen LogP contribution in [0.2, 0.25) is 0 Å². The normalized spacial score (nSPS) is 10.2. The Morgan fingerprint density at radius 1 is 1.67 bits per heavy atom. The van der Waals surface area contributed by atoms with Crippen molar-refractivity contribution in [2.75, 3.05) is 12.4 Å². The summed E-state index contributed by atoms with van der Waals surface area (Å²) in [5.74, 6) is 1.73. The van der Waals surface area contributed by atoms with Gasteiger partial charge in [-0.2, -0.15) is 0 Å². The minimum absolute atomic E-state index is 0.109. The summed E-state index contributed by atoms with van der Waals surface area (Å²) < 4.78 is 0. The van der Waals surface area contributed by atoms with Crippen molar-refractivity contribution in [1.29, 1.82) is 0 Å². The highest BCUT2D eigenvalue weighted by Gasteiger charge is 1.95. The number of thioether (sulfide) groups is 1. The number of aliphatic hydroxyl groups is 1. The van der Waals surface area contributed by atoms with Crippen LogP contribution >= 0.6 is 11.8 Å². The fourth-order valence-corrected chi connectivity index (χ4v) is 0.990. The van der Waals surface area contributed by atoms with Crippen molar-refractivity contribution >= 4 is 11.8 Å². The molecule has 0 fully saturated rings. The molecule has 9 heavy (non-hydrogen) atoms. The van der Waals surface area contributed by atoms with Crippen LogP contribution in [0.5, 0.6) is 0 Å². The fraction of sp³-hybridized carbons (Fsp3) is 0.714. The molecular formula is C7H14OS. The van der Waals surface area contributed by atoms with Crippen molar-refractivity contribution in [3.8, 4) is 0 Å². The van der Waals surface area contributed by atoms with Gasteiger partial charge in [0, 0.05) is 10.7 Å². The molecule has 1 nitrogen and oxygen atoms in total. The first kappa shape index (κ1) is 9.05. The van der Waals surface area contributed by atoms with Gasteiger partial charge in [0.25, 0.3) is 0 Å². The lowest BCUT2D eigenvalue weighted by molar-refractivity contribution is 0.340. The van der Waals surface area contributed by atoms with Gasteiger partial charge >= 0.3 is 0 Å². The molecule has 0 spiro atoms. The number of hydrogen-bond donors (Lipinski definition) is 1. The zero-order valence-electron chi connectivity index (χ0n) is 6.05. The van der Waals surface area contributed by atoms with E-state index in [1.54, 1.807) is 11.8 Å². The Morgan fingerprint density at radius 3 is 2.56 bits per heavy atom. The molecule has 1 N–H and O–H groups in total. The molecule has 2 heteroatoms. The highest BCUT2D eigenvalue weighted by molar-refractivity contribution is 8.03. The van der Waals surface area contributed by atoms with Gasteiger partial charge in [0.05, 0.1) is 6.61 Å². The van der Waals surface area contributed by atoms with Gasteiger partial charge in [-0.3, -0.25) is 0 Å². The van der Waals surface area contributed by atoms with Gasteiger partial charge in [-0.15, -0.1) is 11.8 Å². The summed E-state index contributed by atoms with van der Waals surface area (Å²) in [6, 6.07) is 0. The second kappa shape index (κ2) is 4.89. The minimum Gasteiger partial charge on any atom is -0.391 e. The van der Waals surface area contributed by atoms with Gasteiger partial charge in [0.15, 0.2) is 0 Å². The highest BCUT2D eigenvalue weighted by Crippen LogP contribution is 2.15. The molecule has 0 bridgehead atoms. The van der Waals surface area contributed by atoms with E-state index in [1.165, 1.54) is 0 Å². The lowest BCUT2D eigenvalue weighted by Gasteiger charge is -2.03. The lowest BCUT2D eigenvalue weighted by Crippen LogP contribution is -1.92. The van der Waals surface area contributed by atoms with Crippen LogP contribution < -0.4 is 0 Å². The monoisotopic (exact) mass is 146 g/mol. The summed E-state index contributed by atoms with van der Waals surface area (Å²) in [7, 11) is 0. The zero-order valence-corrected chi connectivity index (χ0v) is 6.87. The van der Waals surface area contributed by atoms with Gasteiger partial charge in [0.1, 0.15) is 0 Å². The maximum absolute atomic E-state index is 8.53. The minimum atomic E-state index is 0.109. The molecule has 0 heterocycles. The predicted molar refractivity (Wildman–Crippen MR) is 43.5 cm³/mol. The molecule has 54 valence electrons. The number of aliphatic hydroxyl groups excluding tert-OH is 1. The van der Waals surface area contributed by atoms with Crippen molar-refractivity contribution < 1.29 is 5.11 Å². The van der Waals surface area contributed by atoms with E-state index >= 15 is 0 Å². The Morgan fingerprint density at radius 2 is 2.22 bits per heavy atom. The Balaban J connectivity index is 3.17. The molecule has 0 aliphatic heterocycles. The first-order valence-electron chi connectivity index (χ1n) is 3.08. The largest absolute Gasteiger partial charge is 0.391 e. The van der Waals surface area contributed by atoms with Crippen LogP contribution in [0.15, 0.2) is 11.5 Å². The van der Waals surface area contributed by atoms with Gasteiger partial charge in [-0.1, -0.05) is 20.4 Å². The molecule has 0 unspecified atom stereocenters. The smallest absolute Gasteiger partial charge is 0.0734 e. The lowest BCUT2D eigenvalue weighted by atomic mass is 10.3. The van der Waals surface area contributed by atoms with E-state index in [0.717, 1.165) is 10.7 Å². The van der Waals surface area contributed by atoms with Crippen LogP contribution in [0, 0.1) is 5.92 Å². The maximum Gasteiger partial charge on any atom is 0.0734 e. The van der Waals surface area contributed by atoms with Crippen LogP contribution in [-0.2, 0) is 0 Å². The molecule has 0 aromatic carbocycles. The van der Waals surface area contributed by atoms with E-state index in [9.17, 15) is 0 Å². The second-order valence-corrected chi connectivity index (χ2v) is 3.60. The molecule has 0 aromatic rings. The van der Waals surface area contributed by atoms with Crippen molar-refractivity contribution in [3.05, 3.63) is 11.5 Å². The molecule has 0 amide bonds. The molecule has 0 saturated carbocycles. The van der Waals surface area contributed by atoms with E-state index in [1.807, 2.05) is 0 Å². The van der Waals surface area contributed by atoms with Crippen LogP contribution in [0.3, 0.4) is 0 Å². The fourth-order valence-electron chi connectivity index (χ4n) is 0.330. The summed E-state index contributed by atoms with van der Waals surface area (Å²) in [6.45, 7) is 8.07. The van der Waals surface area contributed by atoms with Crippen molar-refractivity contribution in [3.63, 3.8) is 0 Å². The maximum atomic E-state index is 8.53. The first-order valence-corrected chi connectivity index (χ1v) is 4.06. The highest BCUT2D eigenvalue weighted by atomic mass is 32.2. The molecule has 0 aliphatic rings. The number of hydrogen-bond acceptors (Lipinski definition) is 2. The molecule has 0 aliphatic carbocycles. The summed E-state index contributed by atoms with van der Waals surface area (Å²) in [6.07, 6.45) is 0. The van der Waals surface area contributed by atoms with Crippen molar-refractivity contribution in [2.24, 2.45) is 5.92 Å². The second-order valence-electron chi connectivity index (χ2n) is 2.40. The van der Waals surface area contributed by atoms with Crippen molar-refractivity contribution in [1.82, 2.24) is 0 Å². The first-order chi connectivity index (χ1) is 4.16. The third-order valence-electron chi connectivity index (χ3n) is 0.797. The third-order valence-corrected chi connectivity index (χ3v) is 2.17. The van der Waals surface area contributed by atoms with Crippen LogP contribution in [0.25, 0.3) is 0 Å². The average Bonchev–Trinajstić information content (AvgIpc) is 1.83. The van der Waals surface area contributed by atoms with Crippen LogP contribution in [0.1, 0.15) is 13.8 Å². The van der Waals surface area contributed by atoms with Crippen molar-refractivity contribution in [2.45, 2.75) is 13.8 Å². The summed E-state index contributed by atoms with van der Waals surface area (Å²) in [5, 5.41) is 8.53. The molecule has 0 radical (unpaired) electrons. The van der Waals surface area contributed by atoms with E-state index in [0.29, 0.717) is 5.92 Å². The summed E-state index contributed by atoms with van der Waals surface area (Å²) in [4.78, 5) is 0.865. The average molecular weight is 146 g/mol. The molecule has 0 saturated heterocycles. The topological polar surface area (TPSA) is 20.2 Å². The standard InChI is InChI=1S/C7H14OS/c1-6(2)5-9-7(3)4-8/h6,8H,3-5H2,1-2H3. The molecular weight excluding hydrogens is 132 g/mol. The SMILES string of the molecule is C=C(CO)SCC(C)C. The van der Waals surface area contributed by atoms with Gasteiger partial charge in [-0.25, -0.2) is 0 Å². The predicted octanol–water partition coefficient (Wildman–Crippen LogP) is 1.88. The Hall–Kier alpha value is 0.0500. The summed E-state index contributed by atoms with van der Waals surface area (Å²) >= 11 is 1.64. The number of rotatable bonds is 4. The molecule has 0 atom stereocenters. The summed E-state index contributed by atoms with van der Waals surface area (Å²) in [5.41, 5.74) is 0. The molecule has 0 rings (SSSR count). The van der Waals surface area contributed by atoms with Gasteiger partial charge in [-0.05, 0) is 5.92 Å². The molecule has 0 aromatic heterocycles.